The van der Waals surface area contributed by atoms with E-state index in [9.17, 15) is 4.79 Å². The third-order valence-corrected chi connectivity index (χ3v) is 4.27. The number of amides is 2. The molecule has 1 aliphatic heterocycles. The number of rotatable bonds is 6. The molecule has 0 atom stereocenters. The van der Waals surface area contributed by atoms with E-state index in [2.05, 4.69) is 10.6 Å². The molecular formula is C19H21ClN2O4. The van der Waals surface area contributed by atoms with Gasteiger partial charge in [-0.1, -0.05) is 29.8 Å². The third-order valence-electron chi connectivity index (χ3n) is 3.99. The van der Waals surface area contributed by atoms with Crippen LogP contribution in [-0.2, 0) is 13.0 Å². The highest BCUT2D eigenvalue weighted by atomic mass is 35.5. The minimum absolute atomic E-state index is 0.237. The molecule has 26 heavy (non-hydrogen) atoms. The monoisotopic (exact) mass is 376 g/mol. The van der Waals surface area contributed by atoms with E-state index in [0.717, 1.165) is 16.9 Å². The van der Waals surface area contributed by atoms with E-state index in [4.69, 9.17) is 25.8 Å². The molecule has 0 aromatic heterocycles. The van der Waals surface area contributed by atoms with Crippen molar-refractivity contribution in [1.82, 2.24) is 10.6 Å². The second kappa shape index (κ2) is 8.67. The average molecular weight is 377 g/mol. The van der Waals surface area contributed by atoms with Crippen LogP contribution in [-0.4, -0.2) is 32.9 Å². The van der Waals surface area contributed by atoms with Gasteiger partial charge in [0.2, 0.25) is 0 Å². The van der Waals surface area contributed by atoms with Crippen molar-refractivity contribution in [3.63, 3.8) is 0 Å². The fraction of sp³-hybridized carbons (Fsp3) is 0.316. The fourth-order valence-electron chi connectivity index (χ4n) is 2.72. The van der Waals surface area contributed by atoms with Crippen molar-refractivity contribution in [2.75, 3.05) is 26.9 Å². The minimum Gasteiger partial charge on any atom is -0.496 e. The SMILES string of the molecule is COc1ccccc1CNC(=O)NCCc1cc(Cl)c2c(c1)OCCO2. The minimum atomic E-state index is -0.237. The van der Waals surface area contributed by atoms with Gasteiger partial charge in [-0.3, -0.25) is 0 Å². The zero-order valence-corrected chi connectivity index (χ0v) is 15.3. The first-order valence-corrected chi connectivity index (χ1v) is 8.77. The van der Waals surface area contributed by atoms with Crippen molar-refractivity contribution in [3.8, 4) is 17.2 Å². The molecule has 2 aromatic rings. The summed E-state index contributed by atoms with van der Waals surface area (Å²) >= 11 is 6.22. The molecule has 0 radical (unpaired) electrons. The Hall–Kier alpha value is -2.60. The lowest BCUT2D eigenvalue weighted by molar-refractivity contribution is 0.171. The van der Waals surface area contributed by atoms with E-state index in [1.807, 2.05) is 36.4 Å². The lowest BCUT2D eigenvalue weighted by atomic mass is 10.1. The molecule has 0 bridgehead atoms. The molecule has 0 aliphatic carbocycles. The second-order valence-electron chi connectivity index (χ2n) is 5.77. The summed E-state index contributed by atoms with van der Waals surface area (Å²) in [4.78, 5) is 12.0. The summed E-state index contributed by atoms with van der Waals surface area (Å²) in [5.74, 6) is 1.99. The van der Waals surface area contributed by atoms with Gasteiger partial charge in [-0.25, -0.2) is 4.79 Å². The smallest absolute Gasteiger partial charge is 0.315 e. The molecule has 6 nitrogen and oxygen atoms in total. The highest BCUT2D eigenvalue weighted by molar-refractivity contribution is 6.32. The molecule has 1 heterocycles. The number of ether oxygens (including phenoxy) is 3. The highest BCUT2D eigenvalue weighted by Gasteiger charge is 2.16. The third kappa shape index (κ3) is 4.52. The summed E-state index contributed by atoms with van der Waals surface area (Å²) in [7, 11) is 1.61. The Morgan fingerprint density at radius 3 is 2.85 bits per heavy atom. The Kier molecular flexibility index (Phi) is 6.07. The van der Waals surface area contributed by atoms with Gasteiger partial charge >= 0.3 is 6.03 Å². The van der Waals surface area contributed by atoms with E-state index in [0.29, 0.717) is 49.2 Å². The first-order chi connectivity index (χ1) is 12.7. The lowest BCUT2D eigenvalue weighted by Gasteiger charge is -2.20. The van der Waals surface area contributed by atoms with Crippen molar-refractivity contribution in [2.45, 2.75) is 13.0 Å². The predicted molar refractivity (Wildman–Crippen MR) is 99.4 cm³/mol. The van der Waals surface area contributed by atoms with Gasteiger partial charge in [0.1, 0.15) is 19.0 Å². The lowest BCUT2D eigenvalue weighted by Crippen LogP contribution is -2.36. The van der Waals surface area contributed by atoms with Crippen molar-refractivity contribution >= 4 is 17.6 Å². The largest absolute Gasteiger partial charge is 0.496 e. The number of benzene rings is 2. The molecule has 2 N–H and O–H groups in total. The van der Waals surface area contributed by atoms with Crippen molar-refractivity contribution < 1.29 is 19.0 Å². The topological polar surface area (TPSA) is 68.8 Å². The van der Waals surface area contributed by atoms with E-state index >= 15 is 0 Å². The Labute approximate surface area is 157 Å². The average Bonchev–Trinajstić information content (AvgIpc) is 2.66. The number of nitrogens with one attached hydrogen (secondary N) is 2. The molecule has 7 heteroatoms. The van der Waals surface area contributed by atoms with Crippen LogP contribution in [0.3, 0.4) is 0 Å². The molecule has 3 rings (SSSR count). The zero-order valence-electron chi connectivity index (χ0n) is 14.5. The van der Waals surface area contributed by atoms with Crippen LogP contribution in [0.1, 0.15) is 11.1 Å². The van der Waals surface area contributed by atoms with E-state index in [1.165, 1.54) is 0 Å². The maximum atomic E-state index is 12.0. The van der Waals surface area contributed by atoms with Gasteiger partial charge in [-0.2, -0.15) is 0 Å². The molecule has 1 aliphatic rings. The van der Waals surface area contributed by atoms with Gasteiger partial charge < -0.3 is 24.8 Å². The first kappa shape index (κ1) is 18.2. The van der Waals surface area contributed by atoms with Gasteiger partial charge in [0.25, 0.3) is 0 Å². The maximum absolute atomic E-state index is 12.0. The normalized spacial score (nSPS) is 12.4. The zero-order chi connectivity index (χ0) is 18.4. The van der Waals surface area contributed by atoms with Gasteiger partial charge in [0.15, 0.2) is 11.5 Å². The van der Waals surface area contributed by atoms with Gasteiger partial charge in [0.05, 0.1) is 12.1 Å². The standard InChI is InChI=1S/C19H21ClN2O4/c1-24-16-5-3-2-4-14(16)12-22-19(23)21-7-6-13-10-15(20)18-17(11-13)25-8-9-26-18/h2-5,10-11H,6-9,12H2,1H3,(H2,21,22,23). The fourth-order valence-corrected chi connectivity index (χ4v) is 3.00. The number of urea groups is 1. The summed E-state index contributed by atoms with van der Waals surface area (Å²) in [6.07, 6.45) is 0.637. The summed E-state index contributed by atoms with van der Waals surface area (Å²) in [5.41, 5.74) is 1.90. The van der Waals surface area contributed by atoms with Gasteiger partial charge in [-0.15, -0.1) is 0 Å². The summed E-state index contributed by atoms with van der Waals surface area (Å²) < 4.78 is 16.3. The summed E-state index contributed by atoms with van der Waals surface area (Å²) in [5, 5.41) is 6.18. The van der Waals surface area contributed by atoms with Crippen LogP contribution in [0.2, 0.25) is 5.02 Å². The molecule has 2 aromatic carbocycles. The Balaban J connectivity index is 1.47. The van der Waals surface area contributed by atoms with Crippen LogP contribution in [0.4, 0.5) is 4.79 Å². The summed E-state index contributed by atoms with van der Waals surface area (Å²) in [6, 6.07) is 11.1. The van der Waals surface area contributed by atoms with Crippen LogP contribution in [0.15, 0.2) is 36.4 Å². The second-order valence-corrected chi connectivity index (χ2v) is 6.18. The molecule has 0 saturated heterocycles. The van der Waals surface area contributed by atoms with Crippen molar-refractivity contribution in [1.29, 1.82) is 0 Å². The first-order valence-electron chi connectivity index (χ1n) is 8.39. The van der Waals surface area contributed by atoms with E-state index < -0.39 is 0 Å². The maximum Gasteiger partial charge on any atom is 0.315 e. The van der Waals surface area contributed by atoms with E-state index in [1.54, 1.807) is 7.11 Å². The Bertz CT molecular complexity index is 782. The van der Waals surface area contributed by atoms with Crippen LogP contribution < -0.4 is 24.8 Å². The number of para-hydroxylation sites is 1. The van der Waals surface area contributed by atoms with Gasteiger partial charge in [0, 0.05) is 18.7 Å². The number of carbonyl (C=O) groups is 1. The number of carbonyl (C=O) groups excluding carboxylic acids is 1. The number of fused-ring (bicyclic) bond motifs is 1. The number of hydrogen-bond acceptors (Lipinski definition) is 4. The van der Waals surface area contributed by atoms with Crippen molar-refractivity contribution in [2.24, 2.45) is 0 Å². The van der Waals surface area contributed by atoms with Crippen LogP contribution >= 0.6 is 11.6 Å². The summed E-state index contributed by atoms with van der Waals surface area (Å²) in [6.45, 7) is 1.88. The highest BCUT2D eigenvalue weighted by Crippen LogP contribution is 2.38. The Morgan fingerprint density at radius 1 is 1.19 bits per heavy atom. The molecule has 0 saturated carbocycles. The van der Waals surface area contributed by atoms with Crippen molar-refractivity contribution in [3.05, 3.63) is 52.5 Å². The molecule has 0 spiro atoms. The number of halogens is 1. The number of hydrogen-bond donors (Lipinski definition) is 2. The van der Waals surface area contributed by atoms with Gasteiger partial charge in [-0.05, 0) is 30.2 Å². The molecule has 0 unspecified atom stereocenters. The molecular weight excluding hydrogens is 356 g/mol. The molecule has 2 amide bonds. The molecule has 0 fully saturated rings. The van der Waals surface area contributed by atoms with Crippen LogP contribution in [0, 0.1) is 0 Å². The predicted octanol–water partition coefficient (Wildman–Crippen LogP) is 3.16. The quantitative estimate of drug-likeness (QED) is 0.812. The van der Waals surface area contributed by atoms with E-state index in [-0.39, 0.29) is 6.03 Å². The van der Waals surface area contributed by atoms with Crippen LogP contribution in [0.5, 0.6) is 17.2 Å². The molecule has 138 valence electrons. The number of methoxy groups -OCH3 is 1. The Morgan fingerprint density at radius 2 is 2.00 bits per heavy atom. The van der Waals surface area contributed by atoms with Crippen LogP contribution in [0.25, 0.3) is 0 Å².